The van der Waals surface area contributed by atoms with Crippen LogP contribution in [0.4, 0.5) is 10.8 Å². The minimum Gasteiger partial charge on any atom is -0.366 e. The van der Waals surface area contributed by atoms with Gasteiger partial charge in [0.15, 0.2) is 5.13 Å². The van der Waals surface area contributed by atoms with Crippen LogP contribution < -0.4 is 15.5 Å². The standard InChI is InChI=1S/C13H17N5S/c14-10-11-12(2-1-3-15-11)17-5-7-18(8-6-17)13-16-4-9-19-13/h1-4,9H,5-8,10,14H2. The molecule has 0 aromatic carbocycles. The van der Waals surface area contributed by atoms with Crippen molar-refractivity contribution in [2.45, 2.75) is 6.54 Å². The SMILES string of the molecule is NCc1ncccc1N1CCN(c2nccs2)CC1. The number of hydrogen-bond acceptors (Lipinski definition) is 6. The summed E-state index contributed by atoms with van der Waals surface area (Å²) in [5.41, 5.74) is 7.90. The van der Waals surface area contributed by atoms with Gasteiger partial charge in [0.25, 0.3) is 0 Å². The molecule has 0 aliphatic carbocycles. The molecule has 0 bridgehead atoms. The Morgan fingerprint density at radius 1 is 1.11 bits per heavy atom. The highest BCUT2D eigenvalue weighted by atomic mass is 32.1. The minimum absolute atomic E-state index is 0.489. The van der Waals surface area contributed by atoms with Crippen LogP contribution in [-0.2, 0) is 6.54 Å². The van der Waals surface area contributed by atoms with E-state index in [0.717, 1.165) is 37.0 Å². The molecule has 1 aliphatic rings. The Bertz CT molecular complexity index is 520. The third-order valence-corrected chi connectivity index (χ3v) is 4.20. The molecule has 2 aromatic heterocycles. The van der Waals surface area contributed by atoms with Gasteiger partial charge in [0.1, 0.15) is 0 Å². The van der Waals surface area contributed by atoms with Crippen LogP contribution >= 0.6 is 11.3 Å². The monoisotopic (exact) mass is 275 g/mol. The number of pyridine rings is 1. The summed E-state index contributed by atoms with van der Waals surface area (Å²) in [5.74, 6) is 0. The first-order valence-corrected chi connectivity index (χ1v) is 7.30. The van der Waals surface area contributed by atoms with Crippen molar-refractivity contribution in [2.24, 2.45) is 5.73 Å². The highest BCUT2D eigenvalue weighted by Crippen LogP contribution is 2.23. The Balaban J connectivity index is 1.70. The fraction of sp³-hybridized carbons (Fsp3) is 0.385. The number of aromatic nitrogens is 2. The van der Waals surface area contributed by atoms with Gasteiger partial charge >= 0.3 is 0 Å². The lowest BCUT2D eigenvalue weighted by molar-refractivity contribution is 0.648. The number of nitrogens with two attached hydrogens (primary N) is 1. The average Bonchev–Trinajstić information content (AvgIpc) is 3.02. The Kier molecular flexibility index (Phi) is 3.61. The largest absolute Gasteiger partial charge is 0.366 e. The molecule has 0 amide bonds. The number of piperazine rings is 1. The topological polar surface area (TPSA) is 58.3 Å². The molecule has 6 heteroatoms. The van der Waals surface area contributed by atoms with E-state index in [1.807, 2.05) is 17.6 Å². The van der Waals surface area contributed by atoms with E-state index in [-0.39, 0.29) is 0 Å². The predicted molar refractivity (Wildman–Crippen MR) is 78.7 cm³/mol. The van der Waals surface area contributed by atoms with Crippen LogP contribution in [0.1, 0.15) is 5.69 Å². The van der Waals surface area contributed by atoms with Crippen LogP contribution in [0.5, 0.6) is 0 Å². The van der Waals surface area contributed by atoms with E-state index in [4.69, 9.17) is 5.73 Å². The van der Waals surface area contributed by atoms with Gasteiger partial charge in [-0.2, -0.15) is 0 Å². The van der Waals surface area contributed by atoms with E-state index in [1.54, 1.807) is 17.5 Å². The molecule has 1 fully saturated rings. The van der Waals surface area contributed by atoms with Crippen LogP contribution in [-0.4, -0.2) is 36.1 Å². The second kappa shape index (κ2) is 5.54. The first kappa shape index (κ1) is 12.4. The summed E-state index contributed by atoms with van der Waals surface area (Å²) in [4.78, 5) is 13.4. The molecule has 3 heterocycles. The summed E-state index contributed by atoms with van der Waals surface area (Å²) in [6.07, 6.45) is 3.66. The number of anilines is 2. The number of hydrogen-bond donors (Lipinski definition) is 1. The van der Waals surface area contributed by atoms with Gasteiger partial charge in [-0.1, -0.05) is 0 Å². The first-order valence-electron chi connectivity index (χ1n) is 6.42. The van der Waals surface area contributed by atoms with Gasteiger partial charge < -0.3 is 15.5 Å². The van der Waals surface area contributed by atoms with Crippen molar-refractivity contribution < 1.29 is 0 Å². The van der Waals surface area contributed by atoms with Gasteiger partial charge in [-0.05, 0) is 12.1 Å². The first-order chi connectivity index (χ1) is 9.38. The highest BCUT2D eigenvalue weighted by Gasteiger charge is 2.20. The zero-order chi connectivity index (χ0) is 13.1. The third-order valence-electron chi connectivity index (χ3n) is 3.37. The minimum atomic E-state index is 0.489. The van der Waals surface area contributed by atoms with Gasteiger partial charge in [-0.3, -0.25) is 4.98 Å². The molecule has 3 rings (SSSR count). The summed E-state index contributed by atoms with van der Waals surface area (Å²) < 4.78 is 0. The fourth-order valence-corrected chi connectivity index (χ4v) is 3.08. The second-order valence-corrected chi connectivity index (χ2v) is 5.34. The van der Waals surface area contributed by atoms with Crippen LogP contribution in [0.3, 0.4) is 0 Å². The Labute approximate surface area is 116 Å². The van der Waals surface area contributed by atoms with Crippen LogP contribution in [0.15, 0.2) is 29.9 Å². The molecule has 0 atom stereocenters. The van der Waals surface area contributed by atoms with Crippen molar-refractivity contribution in [3.63, 3.8) is 0 Å². The van der Waals surface area contributed by atoms with E-state index in [9.17, 15) is 0 Å². The zero-order valence-electron chi connectivity index (χ0n) is 10.7. The van der Waals surface area contributed by atoms with Crippen molar-refractivity contribution >= 4 is 22.2 Å². The van der Waals surface area contributed by atoms with E-state index in [1.165, 1.54) is 5.69 Å². The van der Waals surface area contributed by atoms with Gasteiger partial charge in [-0.25, -0.2) is 4.98 Å². The highest BCUT2D eigenvalue weighted by molar-refractivity contribution is 7.13. The average molecular weight is 275 g/mol. The van der Waals surface area contributed by atoms with Crippen molar-refractivity contribution in [2.75, 3.05) is 36.0 Å². The Hall–Kier alpha value is -1.66. The van der Waals surface area contributed by atoms with Crippen molar-refractivity contribution in [3.05, 3.63) is 35.6 Å². The smallest absolute Gasteiger partial charge is 0.185 e. The van der Waals surface area contributed by atoms with Gasteiger partial charge in [0.2, 0.25) is 0 Å². The Morgan fingerprint density at radius 2 is 1.89 bits per heavy atom. The maximum absolute atomic E-state index is 5.75. The molecule has 0 unspecified atom stereocenters. The van der Waals surface area contributed by atoms with Crippen molar-refractivity contribution in [1.29, 1.82) is 0 Å². The van der Waals surface area contributed by atoms with E-state index >= 15 is 0 Å². The molecule has 100 valence electrons. The van der Waals surface area contributed by atoms with E-state index in [2.05, 4.69) is 25.8 Å². The summed E-state index contributed by atoms with van der Waals surface area (Å²) in [6, 6.07) is 4.08. The lowest BCUT2D eigenvalue weighted by atomic mass is 10.2. The summed E-state index contributed by atoms with van der Waals surface area (Å²) in [5, 5.41) is 3.14. The number of thiazole rings is 1. The van der Waals surface area contributed by atoms with Gasteiger partial charge in [0, 0.05) is 50.5 Å². The van der Waals surface area contributed by atoms with Gasteiger partial charge in [-0.15, -0.1) is 11.3 Å². The molecule has 2 aromatic rings. The predicted octanol–water partition coefficient (Wildman–Crippen LogP) is 1.32. The second-order valence-electron chi connectivity index (χ2n) is 4.46. The number of nitrogens with zero attached hydrogens (tertiary/aromatic N) is 4. The molecular weight excluding hydrogens is 258 g/mol. The third kappa shape index (κ3) is 2.54. The summed E-state index contributed by atoms with van der Waals surface area (Å²) in [6.45, 7) is 4.44. The molecule has 1 saturated heterocycles. The normalized spacial score (nSPS) is 15.8. The van der Waals surface area contributed by atoms with Crippen LogP contribution in [0.2, 0.25) is 0 Å². The molecule has 19 heavy (non-hydrogen) atoms. The van der Waals surface area contributed by atoms with Gasteiger partial charge in [0.05, 0.1) is 11.4 Å². The fourth-order valence-electron chi connectivity index (χ4n) is 2.39. The summed E-state index contributed by atoms with van der Waals surface area (Å²) >= 11 is 1.70. The molecule has 2 N–H and O–H groups in total. The molecule has 0 spiro atoms. The number of rotatable bonds is 3. The van der Waals surface area contributed by atoms with Crippen molar-refractivity contribution in [3.8, 4) is 0 Å². The maximum atomic E-state index is 5.75. The molecule has 0 saturated carbocycles. The molecule has 1 aliphatic heterocycles. The maximum Gasteiger partial charge on any atom is 0.185 e. The molecule has 0 radical (unpaired) electrons. The van der Waals surface area contributed by atoms with E-state index in [0.29, 0.717) is 6.54 Å². The summed E-state index contributed by atoms with van der Waals surface area (Å²) in [7, 11) is 0. The lowest BCUT2D eigenvalue weighted by Crippen LogP contribution is -2.47. The van der Waals surface area contributed by atoms with E-state index < -0.39 is 0 Å². The van der Waals surface area contributed by atoms with Crippen LogP contribution in [0, 0.1) is 0 Å². The van der Waals surface area contributed by atoms with Crippen LogP contribution in [0.25, 0.3) is 0 Å². The zero-order valence-corrected chi connectivity index (χ0v) is 11.5. The van der Waals surface area contributed by atoms with Crippen molar-refractivity contribution in [1.82, 2.24) is 9.97 Å². The lowest BCUT2D eigenvalue weighted by Gasteiger charge is -2.36. The quantitative estimate of drug-likeness (QED) is 0.915. The molecule has 5 nitrogen and oxygen atoms in total. The Morgan fingerprint density at radius 3 is 2.58 bits per heavy atom. The molecular formula is C13H17N5S.